The van der Waals surface area contributed by atoms with Gasteiger partial charge < -0.3 is 9.47 Å². The number of nitrogens with zero attached hydrogens (tertiary/aromatic N) is 2. The molecule has 210 valence electrons. The topological polar surface area (TPSA) is 69.9 Å². The van der Waals surface area contributed by atoms with Crippen LogP contribution in [0.25, 0.3) is 11.8 Å². The van der Waals surface area contributed by atoms with Crippen molar-refractivity contribution in [2.75, 3.05) is 6.61 Å². The summed E-state index contributed by atoms with van der Waals surface area (Å²) in [5.74, 6) is -0.310. The molecule has 0 N–H and O–H groups in total. The number of esters is 1. The first-order valence-corrected chi connectivity index (χ1v) is 15.8. The number of rotatable bonds is 7. The quantitative estimate of drug-likeness (QED) is 0.168. The first kappa shape index (κ1) is 29.6. The number of hydrogen-bond donors (Lipinski definition) is 0. The van der Waals surface area contributed by atoms with Crippen LogP contribution in [0.3, 0.4) is 0 Å². The molecule has 1 aromatic heterocycles. The summed E-state index contributed by atoms with van der Waals surface area (Å²) < 4.78 is 29.4. The molecule has 6 nitrogen and oxygen atoms in total. The molecular weight excluding hydrogens is 769 g/mol. The molecule has 5 rings (SSSR count). The molecule has 0 bridgehead atoms. The molecule has 1 aliphatic rings. The Balaban J connectivity index is 1.83. The minimum atomic E-state index is -0.870. The Hall–Kier alpha value is -2.84. The number of ether oxygens (including phenoxy) is 2. The van der Waals surface area contributed by atoms with E-state index in [4.69, 9.17) is 14.5 Å². The molecule has 41 heavy (non-hydrogen) atoms. The Kier molecular flexibility index (Phi) is 9.09. The Bertz CT molecular complexity index is 1830. The Morgan fingerprint density at radius 3 is 2.49 bits per heavy atom. The van der Waals surface area contributed by atoms with Gasteiger partial charge in [0.15, 0.2) is 4.80 Å². The lowest BCUT2D eigenvalue weighted by Crippen LogP contribution is -2.40. The fourth-order valence-corrected chi connectivity index (χ4v) is 7.60. The van der Waals surface area contributed by atoms with Gasteiger partial charge in [0.25, 0.3) is 5.56 Å². The predicted octanol–water partition coefficient (Wildman–Crippen LogP) is 6.07. The van der Waals surface area contributed by atoms with Crippen LogP contribution in [0.5, 0.6) is 5.75 Å². The maximum absolute atomic E-state index is 14.1. The van der Waals surface area contributed by atoms with Gasteiger partial charge in [-0.15, -0.1) is 0 Å². The van der Waals surface area contributed by atoms with Gasteiger partial charge in [-0.2, -0.15) is 0 Å². The molecule has 0 aliphatic carbocycles. The summed E-state index contributed by atoms with van der Waals surface area (Å²) in [7, 11) is 0. The molecule has 0 saturated heterocycles. The number of carbonyl (C=O) groups excluding carboxylic acids is 1. The van der Waals surface area contributed by atoms with Gasteiger partial charge in [-0.05, 0) is 102 Å². The molecule has 0 spiro atoms. The average molecular weight is 794 g/mol. The molecule has 0 amide bonds. The highest BCUT2D eigenvalue weighted by Gasteiger charge is 2.35. The Morgan fingerprint density at radius 2 is 1.83 bits per heavy atom. The van der Waals surface area contributed by atoms with Crippen molar-refractivity contribution in [1.82, 2.24) is 4.57 Å². The van der Waals surface area contributed by atoms with Crippen molar-refractivity contribution in [3.8, 4) is 5.75 Å². The van der Waals surface area contributed by atoms with E-state index in [-0.39, 0.29) is 23.8 Å². The van der Waals surface area contributed by atoms with Crippen LogP contribution in [0.4, 0.5) is 4.39 Å². The molecule has 1 aliphatic heterocycles. The SMILES string of the molecule is CCOC(=O)C1=C(c2ccccc2)N=c2s/c(=C\c3cc(I)cc(I)c3OC(C)C)c(=O)n2[C@H]1c1ccc(F)cc1. The highest BCUT2D eigenvalue weighted by molar-refractivity contribution is 14.1. The minimum absolute atomic E-state index is 0.0593. The monoisotopic (exact) mass is 794 g/mol. The number of benzene rings is 3. The Labute approximate surface area is 267 Å². The van der Waals surface area contributed by atoms with Crippen LogP contribution in [-0.2, 0) is 9.53 Å². The molecule has 0 radical (unpaired) electrons. The van der Waals surface area contributed by atoms with Crippen LogP contribution in [0.1, 0.15) is 43.5 Å². The van der Waals surface area contributed by atoms with E-state index in [0.29, 0.717) is 31.9 Å². The first-order chi connectivity index (χ1) is 19.7. The van der Waals surface area contributed by atoms with Crippen molar-refractivity contribution in [1.29, 1.82) is 0 Å². The smallest absolute Gasteiger partial charge is 0.338 e. The van der Waals surface area contributed by atoms with E-state index in [1.54, 1.807) is 19.1 Å². The van der Waals surface area contributed by atoms with Crippen molar-refractivity contribution in [3.63, 3.8) is 0 Å². The van der Waals surface area contributed by atoms with E-state index in [0.717, 1.165) is 12.7 Å². The molecule has 0 unspecified atom stereocenters. The van der Waals surface area contributed by atoms with E-state index in [1.807, 2.05) is 62.4 Å². The van der Waals surface area contributed by atoms with E-state index < -0.39 is 17.8 Å². The molecule has 4 aromatic rings. The van der Waals surface area contributed by atoms with Crippen molar-refractivity contribution in [2.24, 2.45) is 4.99 Å². The first-order valence-electron chi connectivity index (χ1n) is 12.9. The molecule has 3 aromatic carbocycles. The maximum atomic E-state index is 14.1. The normalized spacial score (nSPS) is 15.1. The number of halogens is 3. The highest BCUT2D eigenvalue weighted by atomic mass is 127. The molecule has 0 fully saturated rings. The predicted molar refractivity (Wildman–Crippen MR) is 175 cm³/mol. The second-order valence-electron chi connectivity index (χ2n) is 9.46. The number of hydrogen-bond acceptors (Lipinski definition) is 6. The molecule has 1 atom stereocenters. The zero-order valence-corrected chi connectivity index (χ0v) is 27.5. The van der Waals surface area contributed by atoms with E-state index in [2.05, 4.69) is 45.2 Å². The van der Waals surface area contributed by atoms with Crippen molar-refractivity contribution in [3.05, 3.63) is 122 Å². The summed E-state index contributed by atoms with van der Waals surface area (Å²) in [6.07, 6.45) is 1.75. The van der Waals surface area contributed by atoms with Gasteiger partial charge in [0.2, 0.25) is 0 Å². The summed E-state index contributed by atoms with van der Waals surface area (Å²) in [6.45, 7) is 5.78. The summed E-state index contributed by atoms with van der Waals surface area (Å²) in [5.41, 5.74) is 2.36. The van der Waals surface area contributed by atoms with Crippen LogP contribution in [-0.4, -0.2) is 23.2 Å². The lowest BCUT2D eigenvalue weighted by atomic mass is 9.93. The van der Waals surface area contributed by atoms with Crippen LogP contribution in [0.15, 0.2) is 82.1 Å². The van der Waals surface area contributed by atoms with Crippen molar-refractivity contribution >= 4 is 74.3 Å². The van der Waals surface area contributed by atoms with Gasteiger partial charge in [0.1, 0.15) is 11.6 Å². The summed E-state index contributed by atoms with van der Waals surface area (Å²) in [5, 5.41) is 0. The van der Waals surface area contributed by atoms with Gasteiger partial charge in [-0.1, -0.05) is 53.8 Å². The average Bonchev–Trinajstić information content (AvgIpc) is 3.25. The van der Waals surface area contributed by atoms with Crippen LogP contribution in [0.2, 0.25) is 0 Å². The maximum Gasteiger partial charge on any atom is 0.338 e. The van der Waals surface area contributed by atoms with E-state index >= 15 is 0 Å². The summed E-state index contributed by atoms with van der Waals surface area (Å²) in [6, 6.07) is 18.2. The third kappa shape index (κ3) is 6.19. The van der Waals surface area contributed by atoms with E-state index in [1.165, 1.54) is 28.0 Å². The molecule has 0 saturated carbocycles. The van der Waals surface area contributed by atoms with Gasteiger partial charge in [-0.3, -0.25) is 9.36 Å². The van der Waals surface area contributed by atoms with Crippen LogP contribution >= 0.6 is 56.5 Å². The third-order valence-corrected chi connectivity index (χ3v) is 8.64. The van der Waals surface area contributed by atoms with E-state index in [9.17, 15) is 14.0 Å². The zero-order chi connectivity index (χ0) is 29.3. The number of fused-ring (bicyclic) bond motifs is 1. The minimum Gasteiger partial charge on any atom is -0.489 e. The molecule has 10 heteroatoms. The van der Waals surface area contributed by atoms with Gasteiger partial charge in [0.05, 0.1) is 38.1 Å². The van der Waals surface area contributed by atoms with Gasteiger partial charge in [-0.25, -0.2) is 14.2 Å². The highest BCUT2D eigenvalue weighted by Crippen LogP contribution is 2.35. The third-order valence-electron chi connectivity index (χ3n) is 6.24. The number of aromatic nitrogens is 1. The second kappa shape index (κ2) is 12.6. The van der Waals surface area contributed by atoms with Crippen molar-refractivity contribution in [2.45, 2.75) is 32.9 Å². The number of carbonyl (C=O) groups is 1. The summed E-state index contributed by atoms with van der Waals surface area (Å²) in [4.78, 5) is 32.9. The number of thiazole rings is 1. The van der Waals surface area contributed by atoms with Crippen LogP contribution < -0.4 is 19.6 Å². The molecular formula is C31H25FI2N2O4S. The lowest BCUT2D eigenvalue weighted by Gasteiger charge is -2.25. The van der Waals surface area contributed by atoms with Gasteiger partial charge in [0, 0.05) is 14.7 Å². The van der Waals surface area contributed by atoms with Crippen molar-refractivity contribution < 1.29 is 18.7 Å². The lowest BCUT2D eigenvalue weighted by molar-refractivity contribution is -0.138. The Morgan fingerprint density at radius 1 is 1.12 bits per heavy atom. The molecule has 2 heterocycles. The second-order valence-corrected chi connectivity index (χ2v) is 12.9. The van der Waals surface area contributed by atoms with Crippen LogP contribution in [0, 0.1) is 13.0 Å². The largest absolute Gasteiger partial charge is 0.489 e. The fourth-order valence-electron chi connectivity index (χ4n) is 4.59. The van der Waals surface area contributed by atoms with Gasteiger partial charge >= 0.3 is 5.97 Å². The standard InChI is InChI=1S/C31H25FI2N2O4S/c1-4-39-30(38)25-26(18-8-6-5-7-9-18)35-31-36(27(25)19-10-12-21(32)13-11-19)29(37)24(41-31)15-20-14-22(33)16-23(34)28(20)40-17(2)3/h5-17,27H,4H2,1-3H3/b24-15-/t27-/m0/s1. The zero-order valence-electron chi connectivity index (χ0n) is 22.4. The summed E-state index contributed by atoms with van der Waals surface area (Å²) >= 11 is 5.71. The fraction of sp³-hybridized carbons (Fsp3) is 0.194.